The van der Waals surface area contributed by atoms with Gasteiger partial charge in [0.1, 0.15) is 17.6 Å². The molecule has 0 fully saturated rings. The first-order valence-corrected chi connectivity index (χ1v) is 7.97. The molecular formula is C17H11N5O6. The number of hydrogen-bond acceptors (Lipinski definition) is 7. The first-order valence-electron chi connectivity index (χ1n) is 7.97. The molecule has 0 radical (unpaired) electrons. The van der Waals surface area contributed by atoms with Crippen LogP contribution in [0.5, 0.6) is 0 Å². The van der Waals surface area contributed by atoms with Crippen molar-refractivity contribution in [3.05, 3.63) is 59.7 Å². The normalized spacial score (nSPS) is 12.9. The van der Waals surface area contributed by atoms with Crippen molar-refractivity contribution in [3.8, 4) is 0 Å². The van der Waals surface area contributed by atoms with Crippen molar-refractivity contribution in [1.29, 1.82) is 0 Å². The second kappa shape index (κ2) is 6.46. The van der Waals surface area contributed by atoms with E-state index >= 15 is 0 Å². The molecule has 0 unspecified atom stereocenters. The molecule has 0 aliphatic carbocycles. The van der Waals surface area contributed by atoms with Crippen LogP contribution in [-0.4, -0.2) is 60.7 Å². The van der Waals surface area contributed by atoms with Crippen molar-refractivity contribution in [1.82, 2.24) is 25.2 Å². The van der Waals surface area contributed by atoms with Gasteiger partial charge in [-0.1, -0.05) is 29.1 Å². The summed E-state index contributed by atoms with van der Waals surface area (Å²) in [6.45, 7) is -0.975. The number of fused-ring (bicyclic) bond motifs is 2. The molecular weight excluding hydrogens is 370 g/mol. The molecule has 4 rings (SSSR count). The largest absolute Gasteiger partial charge is 0.480 e. The molecule has 2 heterocycles. The van der Waals surface area contributed by atoms with Crippen LogP contribution in [0.25, 0.3) is 11.0 Å². The molecule has 3 amide bonds. The monoisotopic (exact) mass is 381 g/mol. The van der Waals surface area contributed by atoms with E-state index in [1.807, 2.05) is 0 Å². The Hall–Kier alpha value is -4.28. The van der Waals surface area contributed by atoms with E-state index < -0.39 is 30.4 Å². The van der Waals surface area contributed by atoms with Crippen molar-refractivity contribution < 1.29 is 29.1 Å². The van der Waals surface area contributed by atoms with Gasteiger partial charge in [0.15, 0.2) is 0 Å². The Bertz CT molecular complexity index is 1100. The minimum absolute atomic E-state index is 0.0573. The fourth-order valence-corrected chi connectivity index (χ4v) is 2.78. The van der Waals surface area contributed by atoms with Crippen LogP contribution in [0, 0.1) is 0 Å². The van der Waals surface area contributed by atoms with Crippen molar-refractivity contribution in [3.63, 3.8) is 0 Å². The topological polar surface area (TPSA) is 135 Å². The Morgan fingerprint density at radius 3 is 2.25 bits per heavy atom. The number of carboxylic acids is 1. The molecule has 0 spiro atoms. The summed E-state index contributed by atoms with van der Waals surface area (Å²) < 4.78 is 0. The van der Waals surface area contributed by atoms with Crippen LogP contribution in [-0.2, 0) is 4.79 Å². The molecule has 0 atom stereocenters. The molecule has 11 heteroatoms. The van der Waals surface area contributed by atoms with Crippen molar-refractivity contribution in [2.75, 3.05) is 6.54 Å². The molecule has 28 heavy (non-hydrogen) atoms. The average molecular weight is 381 g/mol. The van der Waals surface area contributed by atoms with Crippen molar-refractivity contribution in [2.45, 2.75) is 0 Å². The lowest BCUT2D eigenvalue weighted by Crippen LogP contribution is -2.53. The molecule has 1 aliphatic rings. The number of amides is 3. The fourth-order valence-electron chi connectivity index (χ4n) is 2.78. The van der Waals surface area contributed by atoms with E-state index in [9.17, 15) is 19.2 Å². The van der Waals surface area contributed by atoms with Gasteiger partial charge in [-0.2, -0.15) is 10.0 Å². The second-order valence-corrected chi connectivity index (χ2v) is 5.73. The molecule has 1 aromatic heterocycles. The van der Waals surface area contributed by atoms with Gasteiger partial charge in [-0.3, -0.25) is 19.2 Å². The van der Waals surface area contributed by atoms with E-state index in [1.54, 1.807) is 36.4 Å². The second-order valence-electron chi connectivity index (χ2n) is 5.73. The summed E-state index contributed by atoms with van der Waals surface area (Å²) in [6, 6.07) is 12.5. The van der Waals surface area contributed by atoms with Crippen molar-refractivity contribution >= 4 is 34.9 Å². The van der Waals surface area contributed by atoms with Gasteiger partial charge in [0.05, 0.1) is 11.1 Å². The number of aromatic nitrogens is 3. The Labute approximate surface area is 156 Å². The third-order valence-corrected chi connectivity index (χ3v) is 4.00. The molecule has 0 saturated heterocycles. The van der Waals surface area contributed by atoms with Crippen LogP contribution in [0.15, 0.2) is 48.5 Å². The van der Waals surface area contributed by atoms with Crippen LogP contribution in [0.2, 0.25) is 0 Å². The van der Waals surface area contributed by atoms with Gasteiger partial charge in [-0.15, -0.1) is 5.10 Å². The number of carboxylic acid groups (broad SMARTS) is 1. The maximum atomic E-state index is 12.6. The Balaban J connectivity index is 1.67. The molecule has 0 saturated carbocycles. The lowest BCUT2D eigenvalue weighted by molar-refractivity contribution is -0.140. The van der Waals surface area contributed by atoms with E-state index in [0.29, 0.717) is 21.1 Å². The molecule has 1 aliphatic heterocycles. The predicted octanol–water partition coefficient (Wildman–Crippen LogP) is 0.578. The Morgan fingerprint density at radius 2 is 1.61 bits per heavy atom. The number of benzene rings is 2. The zero-order valence-electron chi connectivity index (χ0n) is 14.1. The minimum atomic E-state index is -1.45. The maximum Gasteiger partial charge on any atom is 0.456 e. The highest BCUT2D eigenvalue weighted by atomic mass is 16.7. The Kier molecular flexibility index (Phi) is 3.96. The van der Waals surface area contributed by atoms with E-state index in [0.717, 1.165) is 4.85 Å². The van der Waals surface area contributed by atoms with Crippen LogP contribution in [0.3, 0.4) is 0 Å². The molecule has 3 aromatic rings. The lowest BCUT2D eigenvalue weighted by atomic mass is 10.1. The van der Waals surface area contributed by atoms with Gasteiger partial charge in [0.25, 0.3) is 11.8 Å². The number of aliphatic carboxylic acids is 1. The number of hydrogen-bond donors (Lipinski definition) is 1. The standard InChI is InChI=1S/C17H11N5O6/c23-14(24)9-20(21-15(25)10-5-1-2-6-11(10)16(21)26)17(27)28-22-13-8-4-3-7-12(13)18-19-22/h1-8H,9H2,(H,23,24). The van der Waals surface area contributed by atoms with Gasteiger partial charge in [-0.25, -0.2) is 4.79 Å². The highest BCUT2D eigenvalue weighted by Crippen LogP contribution is 2.24. The van der Waals surface area contributed by atoms with Crippen LogP contribution in [0.4, 0.5) is 4.79 Å². The zero-order valence-corrected chi connectivity index (χ0v) is 14.1. The summed E-state index contributed by atoms with van der Waals surface area (Å²) in [5.74, 6) is -3.11. The number of hydrazine groups is 1. The smallest absolute Gasteiger partial charge is 0.456 e. The molecule has 11 nitrogen and oxygen atoms in total. The van der Waals surface area contributed by atoms with Gasteiger partial charge in [0, 0.05) is 0 Å². The number of para-hydroxylation sites is 1. The highest BCUT2D eigenvalue weighted by Gasteiger charge is 2.43. The third-order valence-electron chi connectivity index (χ3n) is 4.00. The summed E-state index contributed by atoms with van der Waals surface area (Å²) in [7, 11) is 0. The van der Waals surface area contributed by atoms with E-state index in [2.05, 4.69) is 10.3 Å². The summed E-state index contributed by atoms with van der Waals surface area (Å²) in [5.41, 5.74) is 0.887. The fraction of sp³-hybridized carbons (Fsp3) is 0.0588. The van der Waals surface area contributed by atoms with Crippen LogP contribution >= 0.6 is 0 Å². The summed E-state index contributed by atoms with van der Waals surface area (Å²) in [6.07, 6.45) is -1.28. The SMILES string of the molecule is O=C(O)CN(C(=O)On1nnc2ccccc21)N1C(=O)c2ccccc2C1=O. The first kappa shape index (κ1) is 17.1. The van der Waals surface area contributed by atoms with Gasteiger partial charge < -0.3 is 5.11 Å². The van der Waals surface area contributed by atoms with Crippen LogP contribution in [0.1, 0.15) is 20.7 Å². The van der Waals surface area contributed by atoms with Crippen LogP contribution < -0.4 is 4.84 Å². The van der Waals surface area contributed by atoms with Crippen molar-refractivity contribution in [2.24, 2.45) is 0 Å². The van der Waals surface area contributed by atoms with Gasteiger partial charge in [0.2, 0.25) is 0 Å². The van der Waals surface area contributed by atoms with Gasteiger partial charge >= 0.3 is 12.1 Å². The molecule has 0 bridgehead atoms. The quantitative estimate of drug-likeness (QED) is 0.512. The maximum absolute atomic E-state index is 12.6. The summed E-state index contributed by atoms with van der Waals surface area (Å²) in [4.78, 5) is 54.9. The highest BCUT2D eigenvalue weighted by molar-refractivity contribution is 6.21. The van der Waals surface area contributed by atoms with E-state index in [-0.39, 0.29) is 11.1 Å². The minimum Gasteiger partial charge on any atom is -0.480 e. The molecule has 2 aromatic carbocycles. The number of carbonyl (C=O) groups is 4. The number of rotatable bonds is 4. The van der Waals surface area contributed by atoms with Gasteiger partial charge in [-0.05, 0) is 29.5 Å². The Morgan fingerprint density at radius 1 is 1.00 bits per heavy atom. The molecule has 140 valence electrons. The van der Waals surface area contributed by atoms with E-state index in [4.69, 9.17) is 9.94 Å². The average Bonchev–Trinajstić information content (AvgIpc) is 3.20. The lowest BCUT2D eigenvalue weighted by Gasteiger charge is -2.26. The first-order chi connectivity index (χ1) is 13.5. The third kappa shape index (κ3) is 2.70. The van der Waals surface area contributed by atoms with E-state index in [1.165, 1.54) is 12.1 Å². The summed E-state index contributed by atoms with van der Waals surface area (Å²) >= 11 is 0. The zero-order chi connectivity index (χ0) is 19.8. The number of nitrogens with zero attached hydrogens (tertiary/aromatic N) is 5. The predicted molar refractivity (Wildman–Crippen MR) is 90.8 cm³/mol. The molecule has 1 N–H and O–H groups in total. The summed E-state index contributed by atoms with van der Waals surface area (Å²) in [5, 5.41) is 17.5. The number of carbonyl (C=O) groups excluding carboxylic acids is 3. The number of imide groups is 1.